The number of aromatic nitrogens is 4. The van der Waals surface area contributed by atoms with Crippen molar-refractivity contribution in [3.63, 3.8) is 0 Å². The smallest absolute Gasteiger partial charge is 0.284 e. The van der Waals surface area contributed by atoms with Crippen LogP contribution in [0.5, 0.6) is 0 Å². The van der Waals surface area contributed by atoms with Gasteiger partial charge in [0.2, 0.25) is 0 Å². The summed E-state index contributed by atoms with van der Waals surface area (Å²) in [5, 5.41) is 4.41. The topological polar surface area (TPSA) is 88.0 Å². The third kappa shape index (κ3) is 3.40. The molecule has 0 spiro atoms. The Morgan fingerprint density at radius 1 is 1.21 bits per heavy atom. The summed E-state index contributed by atoms with van der Waals surface area (Å²) in [7, 11) is 3.10. The second-order valence-electron chi connectivity index (χ2n) is 6.28. The van der Waals surface area contributed by atoms with Gasteiger partial charge in [-0.15, -0.1) is 0 Å². The Labute approximate surface area is 160 Å². The van der Waals surface area contributed by atoms with Crippen molar-refractivity contribution in [2.75, 3.05) is 13.7 Å². The number of benzene rings is 1. The van der Waals surface area contributed by atoms with E-state index in [0.29, 0.717) is 30.8 Å². The minimum Gasteiger partial charge on any atom is -0.383 e. The van der Waals surface area contributed by atoms with Crippen LogP contribution in [0.15, 0.2) is 24.5 Å². The second-order valence-corrected chi connectivity index (χ2v) is 6.28. The van der Waals surface area contributed by atoms with E-state index in [1.807, 2.05) is 6.92 Å². The first-order valence-corrected chi connectivity index (χ1v) is 8.74. The Bertz CT molecular complexity index is 1030. The standard InChI is InChI=1S/C19H21F2N5O2/c1-4-14-13(10-26(24-14)7-8-28-3)11-5-6-12(17(21)16(11)20)15-9-23-19(18(22)27)25(15)2/h5-6,9-10H,4,7-8H2,1-3H3,(H2,22,27). The van der Waals surface area contributed by atoms with Crippen molar-refractivity contribution in [2.45, 2.75) is 19.9 Å². The first-order valence-electron chi connectivity index (χ1n) is 8.74. The van der Waals surface area contributed by atoms with Crippen LogP contribution in [-0.2, 0) is 24.8 Å². The number of amides is 1. The molecule has 0 atom stereocenters. The normalized spacial score (nSPS) is 11.2. The first-order chi connectivity index (χ1) is 13.4. The zero-order valence-corrected chi connectivity index (χ0v) is 15.9. The molecular weight excluding hydrogens is 368 g/mol. The molecule has 0 fully saturated rings. The van der Waals surface area contributed by atoms with Gasteiger partial charge in [0, 0.05) is 37.0 Å². The lowest BCUT2D eigenvalue weighted by Gasteiger charge is -2.09. The van der Waals surface area contributed by atoms with Crippen molar-refractivity contribution in [1.29, 1.82) is 0 Å². The number of rotatable bonds is 7. The molecule has 0 radical (unpaired) electrons. The minimum absolute atomic E-state index is 0.00595. The van der Waals surface area contributed by atoms with Gasteiger partial charge in [0.1, 0.15) is 0 Å². The highest BCUT2D eigenvalue weighted by atomic mass is 19.2. The molecule has 148 valence electrons. The Balaban J connectivity index is 2.06. The summed E-state index contributed by atoms with van der Waals surface area (Å²) in [6, 6.07) is 2.96. The van der Waals surface area contributed by atoms with Crippen LogP contribution < -0.4 is 5.73 Å². The van der Waals surface area contributed by atoms with E-state index in [1.54, 1.807) is 18.0 Å². The molecule has 0 bridgehead atoms. The van der Waals surface area contributed by atoms with Gasteiger partial charge in [-0.2, -0.15) is 5.10 Å². The van der Waals surface area contributed by atoms with E-state index in [2.05, 4.69) is 10.1 Å². The Morgan fingerprint density at radius 2 is 1.89 bits per heavy atom. The fourth-order valence-corrected chi connectivity index (χ4v) is 3.09. The van der Waals surface area contributed by atoms with Crippen LogP contribution in [0.2, 0.25) is 0 Å². The van der Waals surface area contributed by atoms with Gasteiger partial charge in [0.15, 0.2) is 17.5 Å². The van der Waals surface area contributed by atoms with E-state index < -0.39 is 17.5 Å². The molecule has 0 aliphatic carbocycles. The number of nitrogens with two attached hydrogens (primary N) is 1. The number of carbonyl (C=O) groups is 1. The molecule has 0 saturated carbocycles. The van der Waals surface area contributed by atoms with Crippen LogP contribution in [-0.4, -0.2) is 39.0 Å². The zero-order chi connectivity index (χ0) is 20.4. The molecule has 2 aromatic heterocycles. The summed E-state index contributed by atoms with van der Waals surface area (Å²) in [5.41, 5.74) is 6.80. The van der Waals surface area contributed by atoms with Gasteiger partial charge in [0.25, 0.3) is 5.91 Å². The summed E-state index contributed by atoms with van der Waals surface area (Å²) < 4.78 is 37.9. The minimum atomic E-state index is -1.02. The van der Waals surface area contributed by atoms with Crippen LogP contribution in [0, 0.1) is 11.6 Å². The Kier molecular flexibility index (Phi) is 5.55. The van der Waals surface area contributed by atoms with Crippen molar-refractivity contribution in [1.82, 2.24) is 19.3 Å². The molecule has 2 N–H and O–H groups in total. The zero-order valence-electron chi connectivity index (χ0n) is 15.9. The summed E-state index contributed by atoms with van der Waals surface area (Å²) in [5.74, 6) is -2.79. The summed E-state index contributed by atoms with van der Waals surface area (Å²) in [4.78, 5) is 15.2. The molecule has 3 aromatic rings. The van der Waals surface area contributed by atoms with Crippen molar-refractivity contribution in [2.24, 2.45) is 12.8 Å². The maximum absolute atomic E-state index is 15.0. The summed E-state index contributed by atoms with van der Waals surface area (Å²) >= 11 is 0. The third-order valence-corrected chi connectivity index (χ3v) is 4.55. The van der Waals surface area contributed by atoms with Gasteiger partial charge in [-0.1, -0.05) is 13.0 Å². The number of primary amides is 1. The number of aryl methyl sites for hydroxylation is 1. The predicted molar refractivity (Wildman–Crippen MR) is 99.6 cm³/mol. The predicted octanol–water partition coefficient (Wildman–Crippen LogP) is 2.54. The van der Waals surface area contributed by atoms with Crippen LogP contribution in [0.1, 0.15) is 23.2 Å². The van der Waals surface area contributed by atoms with Crippen LogP contribution >= 0.6 is 0 Å². The lowest BCUT2D eigenvalue weighted by Crippen LogP contribution is -2.17. The van der Waals surface area contributed by atoms with Gasteiger partial charge in [-0.3, -0.25) is 9.48 Å². The molecule has 1 amide bonds. The average Bonchev–Trinajstić information content (AvgIpc) is 3.25. The molecule has 0 unspecified atom stereocenters. The molecule has 1 aromatic carbocycles. The van der Waals surface area contributed by atoms with E-state index in [-0.39, 0.29) is 22.6 Å². The van der Waals surface area contributed by atoms with Gasteiger partial charge in [-0.05, 0) is 12.5 Å². The van der Waals surface area contributed by atoms with Crippen molar-refractivity contribution >= 4 is 5.91 Å². The molecule has 0 aliphatic heterocycles. The largest absolute Gasteiger partial charge is 0.383 e. The molecule has 9 heteroatoms. The molecule has 28 heavy (non-hydrogen) atoms. The SMILES string of the molecule is CCc1nn(CCOC)cc1-c1ccc(-c2cnc(C(N)=O)n2C)c(F)c1F. The quantitative estimate of drug-likeness (QED) is 0.673. The number of halogens is 2. The van der Waals surface area contributed by atoms with Crippen LogP contribution in [0.3, 0.4) is 0 Å². The number of imidazole rings is 1. The molecule has 3 rings (SSSR count). The van der Waals surface area contributed by atoms with E-state index in [4.69, 9.17) is 10.5 Å². The first kappa shape index (κ1) is 19.7. The maximum atomic E-state index is 15.0. The second kappa shape index (κ2) is 7.89. The highest BCUT2D eigenvalue weighted by Gasteiger charge is 2.22. The van der Waals surface area contributed by atoms with E-state index in [0.717, 1.165) is 0 Å². The Hall–Kier alpha value is -3.07. The lowest BCUT2D eigenvalue weighted by atomic mass is 10.0. The van der Waals surface area contributed by atoms with Gasteiger partial charge >= 0.3 is 0 Å². The number of hydrogen-bond donors (Lipinski definition) is 1. The fourth-order valence-electron chi connectivity index (χ4n) is 3.09. The van der Waals surface area contributed by atoms with E-state index >= 15 is 0 Å². The van der Waals surface area contributed by atoms with Gasteiger partial charge < -0.3 is 15.0 Å². The van der Waals surface area contributed by atoms with Crippen LogP contribution in [0.25, 0.3) is 22.4 Å². The maximum Gasteiger partial charge on any atom is 0.284 e. The number of carbonyl (C=O) groups excluding carboxylic acids is 1. The molecule has 7 nitrogen and oxygen atoms in total. The highest BCUT2D eigenvalue weighted by molar-refractivity contribution is 5.90. The number of nitrogens with zero attached hydrogens (tertiary/aromatic N) is 4. The lowest BCUT2D eigenvalue weighted by molar-refractivity contribution is 0.0987. The average molecular weight is 389 g/mol. The molecule has 0 aliphatic rings. The number of ether oxygens (including phenoxy) is 1. The van der Waals surface area contributed by atoms with Gasteiger partial charge in [0.05, 0.1) is 30.7 Å². The van der Waals surface area contributed by atoms with Crippen molar-refractivity contribution < 1.29 is 18.3 Å². The van der Waals surface area contributed by atoms with Crippen molar-refractivity contribution in [3.05, 3.63) is 47.7 Å². The fraction of sp³-hybridized carbons (Fsp3) is 0.316. The number of hydrogen-bond acceptors (Lipinski definition) is 4. The third-order valence-electron chi connectivity index (χ3n) is 4.55. The highest BCUT2D eigenvalue weighted by Crippen LogP contribution is 2.33. The summed E-state index contributed by atoms with van der Waals surface area (Å²) in [6.45, 7) is 2.87. The molecule has 0 saturated heterocycles. The monoisotopic (exact) mass is 389 g/mol. The Morgan fingerprint density at radius 3 is 2.50 bits per heavy atom. The molecular formula is C19H21F2N5O2. The summed E-state index contributed by atoms with van der Waals surface area (Å²) in [6.07, 6.45) is 3.55. The molecule has 2 heterocycles. The van der Waals surface area contributed by atoms with E-state index in [9.17, 15) is 13.6 Å². The van der Waals surface area contributed by atoms with Gasteiger partial charge in [-0.25, -0.2) is 13.8 Å². The van der Waals surface area contributed by atoms with Crippen molar-refractivity contribution in [3.8, 4) is 22.4 Å². The number of methoxy groups -OCH3 is 1. The van der Waals surface area contributed by atoms with E-state index in [1.165, 1.54) is 29.9 Å². The van der Waals surface area contributed by atoms with Crippen LogP contribution in [0.4, 0.5) is 8.78 Å².